The van der Waals surface area contributed by atoms with Gasteiger partial charge < -0.3 is 11.1 Å². The molecule has 3 N–H and O–H groups in total. The molecule has 0 radical (unpaired) electrons. The van der Waals surface area contributed by atoms with E-state index in [1.807, 2.05) is 0 Å². The molecule has 1 aromatic heterocycles. The van der Waals surface area contributed by atoms with Crippen LogP contribution in [0.2, 0.25) is 0 Å². The Hall–Kier alpha value is -1.62. The molecule has 2 rings (SSSR count). The Kier molecular flexibility index (Phi) is 3.05. The molecule has 3 nitrogen and oxygen atoms in total. The van der Waals surface area contributed by atoms with Gasteiger partial charge in [-0.25, -0.2) is 9.37 Å². The van der Waals surface area contributed by atoms with Crippen LogP contribution in [0.3, 0.4) is 0 Å². The molecule has 82 valence electrons. The standard InChI is InChI=1S/C11H9BrFN3/c12-7-4-10(14)11(15-6-7)16-9-3-1-2-8(13)5-9/h1-6H,14H2,(H,15,16). The van der Waals surface area contributed by atoms with Gasteiger partial charge in [0.2, 0.25) is 0 Å². The van der Waals surface area contributed by atoms with Crippen molar-refractivity contribution in [2.45, 2.75) is 0 Å². The van der Waals surface area contributed by atoms with Gasteiger partial charge in [-0.3, -0.25) is 0 Å². The smallest absolute Gasteiger partial charge is 0.153 e. The molecule has 1 aromatic carbocycles. The number of nitrogens with one attached hydrogen (secondary N) is 1. The number of nitrogen functional groups attached to an aromatic ring is 1. The van der Waals surface area contributed by atoms with E-state index < -0.39 is 0 Å². The molecule has 2 aromatic rings. The molecule has 0 fully saturated rings. The van der Waals surface area contributed by atoms with Gasteiger partial charge in [0.05, 0.1) is 5.69 Å². The molecule has 5 heteroatoms. The number of benzene rings is 1. The Morgan fingerprint density at radius 2 is 2.12 bits per heavy atom. The van der Waals surface area contributed by atoms with Crippen LogP contribution < -0.4 is 11.1 Å². The van der Waals surface area contributed by atoms with Crippen LogP contribution in [0.15, 0.2) is 41.0 Å². The summed E-state index contributed by atoms with van der Waals surface area (Å²) >= 11 is 3.26. The van der Waals surface area contributed by atoms with Gasteiger partial charge >= 0.3 is 0 Å². The average Bonchev–Trinajstić information content (AvgIpc) is 2.22. The summed E-state index contributed by atoms with van der Waals surface area (Å²) in [5, 5.41) is 2.94. The van der Waals surface area contributed by atoms with Gasteiger partial charge in [-0.1, -0.05) is 6.07 Å². The SMILES string of the molecule is Nc1cc(Br)cnc1Nc1cccc(F)c1. The minimum absolute atomic E-state index is 0.305. The van der Waals surface area contributed by atoms with Crippen LogP contribution in [0.4, 0.5) is 21.6 Å². The van der Waals surface area contributed by atoms with Gasteiger partial charge in [0, 0.05) is 16.4 Å². The van der Waals surface area contributed by atoms with E-state index in [-0.39, 0.29) is 5.82 Å². The molecule has 0 spiro atoms. The first-order valence-corrected chi connectivity index (χ1v) is 5.38. The number of aromatic nitrogens is 1. The first kappa shape index (κ1) is 10.9. The van der Waals surface area contributed by atoms with Gasteiger partial charge in [-0.15, -0.1) is 0 Å². The molecular weight excluding hydrogens is 273 g/mol. The van der Waals surface area contributed by atoms with E-state index >= 15 is 0 Å². The Balaban J connectivity index is 2.27. The maximum Gasteiger partial charge on any atom is 0.153 e. The molecule has 0 saturated heterocycles. The summed E-state index contributed by atoms with van der Waals surface area (Å²) in [6.45, 7) is 0. The Morgan fingerprint density at radius 1 is 1.31 bits per heavy atom. The maximum atomic E-state index is 12.9. The van der Waals surface area contributed by atoms with E-state index in [0.717, 1.165) is 4.47 Å². The van der Waals surface area contributed by atoms with E-state index in [1.165, 1.54) is 12.1 Å². The lowest BCUT2D eigenvalue weighted by atomic mass is 10.3. The fourth-order valence-electron chi connectivity index (χ4n) is 1.26. The largest absolute Gasteiger partial charge is 0.396 e. The minimum atomic E-state index is -0.305. The molecule has 1 heterocycles. The van der Waals surface area contributed by atoms with Crippen LogP contribution in [0.5, 0.6) is 0 Å². The maximum absolute atomic E-state index is 12.9. The molecule has 16 heavy (non-hydrogen) atoms. The van der Waals surface area contributed by atoms with Crippen LogP contribution in [-0.2, 0) is 0 Å². The van der Waals surface area contributed by atoms with Crippen LogP contribution in [-0.4, -0.2) is 4.98 Å². The third-order valence-corrected chi connectivity index (χ3v) is 2.40. The summed E-state index contributed by atoms with van der Waals surface area (Å²) < 4.78 is 13.7. The summed E-state index contributed by atoms with van der Waals surface area (Å²) in [4.78, 5) is 4.10. The average molecular weight is 282 g/mol. The zero-order chi connectivity index (χ0) is 11.5. The molecule has 0 aliphatic carbocycles. The predicted octanol–water partition coefficient (Wildman–Crippen LogP) is 3.31. The van der Waals surface area contributed by atoms with Crippen molar-refractivity contribution < 1.29 is 4.39 Å². The zero-order valence-corrected chi connectivity index (χ0v) is 9.83. The highest BCUT2D eigenvalue weighted by Crippen LogP contribution is 2.23. The Bertz CT molecular complexity index is 516. The van der Waals surface area contributed by atoms with Crippen LogP contribution in [0.25, 0.3) is 0 Å². The highest BCUT2D eigenvalue weighted by atomic mass is 79.9. The first-order chi connectivity index (χ1) is 7.65. The van der Waals surface area contributed by atoms with Crippen molar-refractivity contribution in [3.63, 3.8) is 0 Å². The van der Waals surface area contributed by atoms with E-state index in [0.29, 0.717) is 17.2 Å². The number of hydrogen-bond acceptors (Lipinski definition) is 3. The third kappa shape index (κ3) is 2.49. The Morgan fingerprint density at radius 3 is 2.81 bits per heavy atom. The van der Waals surface area contributed by atoms with Gasteiger partial charge in [0.25, 0.3) is 0 Å². The first-order valence-electron chi connectivity index (χ1n) is 4.59. The second kappa shape index (κ2) is 4.49. The summed E-state index contributed by atoms with van der Waals surface area (Å²) in [6.07, 6.45) is 1.62. The second-order valence-electron chi connectivity index (χ2n) is 3.23. The quantitative estimate of drug-likeness (QED) is 0.888. The van der Waals surface area contributed by atoms with E-state index in [9.17, 15) is 4.39 Å². The highest BCUT2D eigenvalue weighted by Gasteiger charge is 2.02. The van der Waals surface area contributed by atoms with Gasteiger partial charge in [0.1, 0.15) is 5.82 Å². The number of nitrogens with two attached hydrogens (primary N) is 1. The summed E-state index contributed by atoms with van der Waals surface area (Å²) in [5.74, 6) is 0.203. The fraction of sp³-hybridized carbons (Fsp3) is 0. The zero-order valence-electron chi connectivity index (χ0n) is 8.24. The number of rotatable bonds is 2. The predicted molar refractivity (Wildman–Crippen MR) is 66.0 cm³/mol. The lowest BCUT2D eigenvalue weighted by Crippen LogP contribution is -1.99. The summed E-state index contributed by atoms with van der Waals surface area (Å²) in [7, 11) is 0. The molecule has 0 bridgehead atoms. The van der Waals surface area contributed by atoms with E-state index in [1.54, 1.807) is 24.4 Å². The lowest BCUT2D eigenvalue weighted by Gasteiger charge is -2.08. The molecule has 0 unspecified atom stereocenters. The van der Waals surface area contributed by atoms with Gasteiger partial charge in [-0.2, -0.15) is 0 Å². The normalized spacial score (nSPS) is 10.1. The number of anilines is 3. The lowest BCUT2D eigenvalue weighted by molar-refractivity contribution is 0.628. The second-order valence-corrected chi connectivity index (χ2v) is 4.14. The van der Waals surface area contributed by atoms with Crippen molar-refractivity contribution in [2.75, 3.05) is 11.1 Å². The van der Waals surface area contributed by atoms with Crippen molar-refractivity contribution in [3.8, 4) is 0 Å². The number of halogens is 2. The molecule has 0 aliphatic rings. The number of nitrogens with zero attached hydrogens (tertiary/aromatic N) is 1. The molecular formula is C11H9BrFN3. The van der Waals surface area contributed by atoms with E-state index in [4.69, 9.17) is 5.73 Å². The molecule has 0 saturated carbocycles. The topological polar surface area (TPSA) is 50.9 Å². The Labute approximate surface area is 101 Å². The van der Waals surface area contributed by atoms with Crippen molar-refractivity contribution in [1.82, 2.24) is 4.98 Å². The van der Waals surface area contributed by atoms with E-state index in [2.05, 4.69) is 26.2 Å². The van der Waals surface area contributed by atoms with Crippen molar-refractivity contribution in [2.24, 2.45) is 0 Å². The molecule has 0 amide bonds. The van der Waals surface area contributed by atoms with Crippen LogP contribution in [0.1, 0.15) is 0 Å². The molecule has 0 aliphatic heterocycles. The third-order valence-electron chi connectivity index (χ3n) is 1.97. The van der Waals surface area contributed by atoms with Crippen molar-refractivity contribution >= 4 is 33.1 Å². The summed E-state index contributed by atoms with van der Waals surface area (Å²) in [6, 6.07) is 7.85. The monoisotopic (exact) mass is 281 g/mol. The van der Waals surface area contributed by atoms with Gasteiger partial charge in [0.15, 0.2) is 5.82 Å². The number of hydrogen-bond donors (Lipinski definition) is 2. The fourth-order valence-corrected chi connectivity index (χ4v) is 1.61. The minimum Gasteiger partial charge on any atom is -0.396 e. The van der Waals surface area contributed by atoms with Crippen LogP contribution in [0, 0.1) is 5.82 Å². The molecule has 0 atom stereocenters. The number of pyridine rings is 1. The van der Waals surface area contributed by atoms with Crippen molar-refractivity contribution in [3.05, 3.63) is 46.8 Å². The van der Waals surface area contributed by atoms with Crippen molar-refractivity contribution in [1.29, 1.82) is 0 Å². The van der Waals surface area contributed by atoms with Gasteiger partial charge in [-0.05, 0) is 40.2 Å². The van der Waals surface area contributed by atoms with Crippen LogP contribution >= 0.6 is 15.9 Å². The highest BCUT2D eigenvalue weighted by molar-refractivity contribution is 9.10. The summed E-state index contributed by atoms with van der Waals surface area (Å²) in [5.41, 5.74) is 6.87.